The molecule has 0 unspecified atom stereocenters. The number of esters is 1. The van der Waals surface area contributed by atoms with Crippen molar-refractivity contribution in [2.75, 3.05) is 45.3 Å². The molecule has 2 aromatic carbocycles. The van der Waals surface area contributed by atoms with Gasteiger partial charge in [-0.1, -0.05) is 29.8 Å². The molecule has 0 atom stereocenters. The van der Waals surface area contributed by atoms with Gasteiger partial charge in [0.25, 0.3) is 0 Å². The van der Waals surface area contributed by atoms with Crippen LogP contribution in [0, 0.1) is 6.92 Å². The summed E-state index contributed by atoms with van der Waals surface area (Å²) in [6.07, 6.45) is 0.654. The Hall–Kier alpha value is -3.02. The van der Waals surface area contributed by atoms with Crippen LogP contribution in [-0.4, -0.2) is 68.4 Å². The van der Waals surface area contributed by atoms with Crippen molar-refractivity contribution < 1.29 is 22.7 Å². The van der Waals surface area contributed by atoms with Gasteiger partial charge in [0.05, 0.1) is 19.8 Å². The maximum Gasteiger partial charge on any atom is 0.337 e. The lowest BCUT2D eigenvalue weighted by Gasteiger charge is -2.33. The lowest BCUT2D eigenvalue weighted by Crippen LogP contribution is -2.48. The maximum atomic E-state index is 13.4. The van der Waals surface area contributed by atoms with Crippen LogP contribution < -0.4 is 9.64 Å². The van der Waals surface area contributed by atoms with Crippen LogP contribution in [-0.2, 0) is 21.2 Å². The summed E-state index contributed by atoms with van der Waals surface area (Å²) in [5.74, 6) is 0.324. The van der Waals surface area contributed by atoms with E-state index in [9.17, 15) is 13.2 Å². The summed E-state index contributed by atoms with van der Waals surface area (Å²) in [6.45, 7) is 3.57. The first-order valence-corrected chi connectivity index (χ1v) is 12.9. The monoisotopic (exact) mass is 502 g/mol. The lowest BCUT2D eigenvalue weighted by atomic mass is 10.1. The smallest absolute Gasteiger partial charge is 0.337 e. The lowest BCUT2D eigenvalue weighted by molar-refractivity contribution is 0.0600. The zero-order valence-corrected chi connectivity index (χ0v) is 20.9. The number of rotatable bonds is 7. The molecule has 180 valence electrons. The summed E-state index contributed by atoms with van der Waals surface area (Å²) < 4.78 is 42.6. The standard InChI is InChI=1S/C23H26N4O5S2/c1-16-4-6-17(7-5-16)14-21-24-23(33-25-21)26-10-12-27(13-11-26)34(29,30)20-15-18(22(28)32-3)8-9-19(20)31-2/h4-9,15H,10-14H2,1-3H3. The minimum Gasteiger partial charge on any atom is -0.495 e. The molecule has 1 aliphatic rings. The molecule has 0 N–H and O–H groups in total. The number of nitrogens with zero attached hydrogens (tertiary/aromatic N) is 4. The van der Waals surface area contributed by atoms with Crippen LogP contribution in [0.4, 0.5) is 5.13 Å². The molecule has 11 heteroatoms. The van der Waals surface area contributed by atoms with E-state index in [1.54, 1.807) is 0 Å². The van der Waals surface area contributed by atoms with Crippen molar-refractivity contribution in [2.24, 2.45) is 0 Å². The molecule has 1 fully saturated rings. The van der Waals surface area contributed by atoms with Crippen LogP contribution in [0.15, 0.2) is 47.4 Å². The normalized spacial score (nSPS) is 14.7. The van der Waals surface area contributed by atoms with Gasteiger partial charge in [0.15, 0.2) is 0 Å². The topological polar surface area (TPSA) is 102 Å². The molecular weight excluding hydrogens is 476 g/mol. The number of aromatic nitrogens is 2. The summed E-state index contributed by atoms with van der Waals surface area (Å²) >= 11 is 1.32. The minimum atomic E-state index is -3.87. The van der Waals surface area contributed by atoms with Crippen LogP contribution in [0.1, 0.15) is 27.3 Å². The number of hydrogen-bond acceptors (Lipinski definition) is 9. The first-order valence-electron chi connectivity index (χ1n) is 10.7. The molecule has 0 radical (unpaired) electrons. The van der Waals surface area contributed by atoms with Gasteiger partial charge in [-0.25, -0.2) is 18.2 Å². The predicted octanol–water partition coefficient (Wildman–Crippen LogP) is 2.74. The van der Waals surface area contributed by atoms with Gasteiger partial charge in [0.2, 0.25) is 15.2 Å². The van der Waals surface area contributed by atoms with E-state index in [0.29, 0.717) is 19.5 Å². The fourth-order valence-corrected chi connectivity index (χ4v) is 6.06. The van der Waals surface area contributed by atoms with Crippen LogP contribution in [0.2, 0.25) is 0 Å². The van der Waals surface area contributed by atoms with Gasteiger partial charge in [-0.15, -0.1) is 0 Å². The van der Waals surface area contributed by atoms with Crippen molar-refractivity contribution in [3.8, 4) is 5.75 Å². The molecular formula is C23H26N4O5S2. The number of benzene rings is 2. The molecule has 0 spiro atoms. The summed E-state index contributed by atoms with van der Waals surface area (Å²) in [5.41, 5.74) is 2.50. The van der Waals surface area contributed by atoms with Crippen LogP contribution in [0.5, 0.6) is 5.75 Å². The first-order chi connectivity index (χ1) is 16.3. The Morgan fingerprint density at radius 1 is 1.06 bits per heavy atom. The zero-order chi connectivity index (χ0) is 24.3. The number of methoxy groups -OCH3 is 2. The number of anilines is 1. The summed E-state index contributed by atoms with van der Waals surface area (Å²) in [5, 5.41) is 0.782. The quantitative estimate of drug-likeness (QED) is 0.455. The van der Waals surface area contributed by atoms with Crippen molar-refractivity contribution in [2.45, 2.75) is 18.2 Å². The summed E-state index contributed by atoms with van der Waals surface area (Å²) in [4.78, 5) is 18.6. The molecule has 1 aromatic heterocycles. The third kappa shape index (κ3) is 5.06. The number of piperazine rings is 1. The van der Waals surface area contributed by atoms with E-state index in [-0.39, 0.29) is 29.3 Å². The molecule has 0 amide bonds. The van der Waals surface area contributed by atoms with Crippen LogP contribution in [0.3, 0.4) is 0 Å². The fourth-order valence-electron chi connectivity index (χ4n) is 3.72. The van der Waals surface area contributed by atoms with Crippen LogP contribution in [0.25, 0.3) is 0 Å². The number of hydrogen-bond donors (Lipinski definition) is 0. The number of sulfonamides is 1. The zero-order valence-electron chi connectivity index (χ0n) is 19.2. The van der Waals surface area contributed by atoms with Crippen molar-refractivity contribution in [1.29, 1.82) is 0 Å². The van der Waals surface area contributed by atoms with E-state index in [4.69, 9.17) is 9.47 Å². The molecule has 34 heavy (non-hydrogen) atoms. The van der Waals surface area contributed by atoms with Crippen molar-refractivity contribution in [1.82, 2.24) is 13.7 Å². The third-order valence-electron chi connectivity index (χ3n) is 5.65. The summed E-state index contributed by atoms with van der Waals surface area (Å²) in [7, 11) is -1.23. The molecule has 4 rings (SSSR count). The van der Waals surface area contributed by atoms with E-state index in [1.807, 2.05) is 4.90 Å². The Morgan fingerprint density at radius 3 is 2.41 bits per heavy atom. The Morgan fingerprint density at radius 2 is 1.76 bits per heavy atom. The number of carbonyl (C=O) groups excluding carboxylic acids is 1. The fraction of sp³-hybridized carbons (Fsp3) is 0.348. The van der Waals surface area contributed by atoms with Crippen molar-refractivity contribution >= 4 is 32.7 Å². The minimum absolute atomic E-state index is 0.0531. The second-order valence-electron chi connectivity index (χ2n) is 7.90. The molecule has 9 nitrogen and oxygen atoms in total. The van der Waals surface area contributed by atoms with Gasteiger partial charge in [-0.3, -0.25) is 0 Å². The molecule has 0 aliphatic carbocycles. The highest BCUT2D eigenvalue weighted by Crippen LogP contribution is 2.30. The second kappa shape index (κ2) is 10.1. The average molecular weight is 503 g/mol. The van der Waals surface area contributed by atoms with E-state index in [1.165, 1.54) is 53.8 Å². The van der Waals surface area contributed by atoms with Gasteiger partial charge in [0.1, 0.15) is 16.5 Å². The van der Waals surface area contributed by atoms with Crippen LogP contribution >= 0.6 is 11.5 Å². The Kier molecular flexibility index (Phi) is 7.15. The molecule has 3 aromatic rings. The largest absolute Gasteiger partial charge is 0.495 e. The molecule has 0 bridgehead atoms. The van der Waals surface area contributed by atoms with Crippen molar-refractivity contribution in [3.05, 3.63) is 65.0 Å². The summed E-state index contributed by atoms with van der Waals surface area (Å²) in [6, 6.07) is 12.5. The second-order valence-corrected chi connectivity index (χ2v) is 10.5. The predicted molar refractivity (Wildman–Crippen MR) is 129 cm³/mol. The van der Waals surface area contributed by atoms with Gasteiger partial charge >= 0.3 is 5.97 Å². The highest BCUT2D eigenvalue weighted by molar-refractivity contribution is 7.89. The Labute approximate surface area is 203 Å². The molecule has 1 aliphatic heterocycles. The first kappa shape index (κ1) is 24.1. The SMILES string of the molecule is COC(=O)c1ccc(OC)c(S(=O)(=O)N2CCN(c3nc(Cc4ccc(C)cc4)ns3)CC2)c1. The number of aryl methyl sites for hydroxylation is 1. The highest BCUT2D eigenvalue weighted by atomic mass is 32.2. The number of carbonyl (C=O) groups is 1. The van der Waals surface area contributed by atoms with E-state index in [2.05, 4.69) is 40.5 Å². The molecule has 2 heterocycles. The van der Waals surface area contributed by atoms with E-state index in [0.717, 1.165) is 16.5 Å². The Bertz CT molecular complexity index is 1270. The maximum absolute atomic E-state index is 13.4. The van der Waals surface area contributed by atoms with E-state index < -0.39 is 16.0 Å². The average Bonchev–Trinajstić information content (AvgIpc) is 3.33. The third-order valence-corrected chi connectivity index (χ3v) is 8.39. The number of ether oxygens (including phenoxy) is 2. The van der Waals surface area contributed by atoms with Gasteiger partial charge in [-0.05, 0) is 30.7 Å². The van der Waals surface area contributed by atoms with E-state index >= 15 is 0 Å². The van der Waals surface area contributed by atoms with Crippen molar-refractivity contribution in [3.63, 3.8) is 0 Å². The molecule has 0 saturated carbocycles. The molecule has 1 saturated heterocycles. The Balaban J connectivity index is 1.45. The highest BCUT2D eigenvalue weighted by Gasteiger charge is 2.32. The van der Waals surface area contributed by atoms with Gasteiger partial charge in [-0.2, -0.15) is 8.68 Å². The van der Waals surface area contributed by atoms with Gasteiger partial charge < -0.3 is 14.4 Å². The van der Waals surface area contributed by atoms with Gasteiger partial charge in [0, 0.05) is 44.1 Å².